The van der Waals surface area contributed by atoms with Crippen LogP contribution in [0.25, 0.3) is 0 Å². The zero-order valence-electron chi connectivity index (χ0n) is 34.7. The van der Waals surface area contributed by atoms with Crippen molar-refractivity contribution in [1.29, 1.82) is 0 Å². The van der Waals surface area contributed by atoms with E-state index in [4.69, 9.17) is 25.8 Å². The lowest BCUT2D eigenvalue weighted by molar-refractivity contribution is -0.136. The second-order valence-corrected chi connectivity index (χ2v) is 17.3. The van der Waals surface area contributed by atoms with Crippen LogP contribution < -0.4 is 39.8 Å². The Morgan fingerprint density at radius 3 is 2.41 bits per heavy atom. The summed E-state index contributed by atoms with van der Waals surface area (Å²) >= 11 is 6.50. The first-order valence-corrected chi connectivity index (χ1v) is 22.3. The first-order valence-electron chi connectivity index (χ1n) is 20.0. The van der Waals surface area contributed by atoms with E-state index in [1.54, 1.807) is 37.4 Å². The smallest absolute Gasteiger partial charge is 0.255 e. The average molecular weight is 876 g/mol. The Labute approximate surface area is 360 Å². The van der Waals surface area contributed by atoms with E-state index in [1.165, 1.54) is 18.2 Å². The molecule has 2 fully saturated rings. The molecule has 1 atom stereocenters. The lowest BCUT2D eigenvalue weighted by Gasteiger charge is -2.38. The predicted molar refractivity (Wildman–Crippen MR) is 233 cm³/mol. The van der Waals surface area contributed by atoms with Crippen LogP contribution in [0.3, 0.4) is 0 Å². The van der Waals surface area contributed by atoms with Crippen LogP contribution in [0.15, 0.2) is 54.7 Å². The molecule has 1 aromatic heterocycles. The number of likely N-dealkylation sites (N-methyl/N-ethyl adjacent to an activating group) is 1. The number of hydrogen-bond donors (Lipinski definition) is 4. The molecule has 4 aromatic rings. The summed E-state index contributed by atoms with van der Waals surface area (Å²) in [6, 6.07) is 14.2. The minimum atomic E-state index is -3.63. The molecule has 0 bridgehead atoms. The molecule has 2 saturated heterocycles. The number of anilines is 6. The van der Waals surface area contributed by atoms with Gasteiger partial charge in [0.15, 0.2) is 5.82 Å². The molecule has 3 aliphatic heterocycles. The second kappa shape index (κ2) is 18.4. The van der Waals surface area contributed by atoms with Crippen LogP contribution in [-0.4, -0.2) is 112 Å². The highest BCUT2D eigenvalue weighted by Gasteiger charge is 2.40. The summed E-state index contributed by atoms with van der Waals surface area (Å²) < 4.78 is 44.3. The van der Waals surface area contributed by atoms with Crippen molar-refractivity contribution in [2.24, 2.45) is 0 Å². The van der Waals surface area contributed by atoms with Crippen molar-refractivity contribution in [3.8, 4) is 17.2 Å². The number of fused-ring (bicyclic) bond motifs is 1. The quantitative estimate of drug-likeness (QED) is 0.106. The number of nitrogens with one attached hydrogen (secondary N) is 4. The molecule has 4 heterocycles. The van der Waals surface area contributed by atoms with Crippen molar-refractivity contribution in [3.05, 3.63) is 76.4 Å². The third kappa shape index (κ3) is 9.71. The summed E-state index contributed by atoms with van der Waals surface area (Å²) in [5, 5.41) is 8.96. The number of halogens is 1. The SMILES string of the molecule is CCc1cc(Nc2ncc(Cl)c(Nc3cccc(OC)c3NS(C)(=O)=O)n2)c(OC)cc1N1CCC(N(C)CCOc2cccc3c2CN(C2CCC(=O)NC2=O)C3=O)CC1. The molecule has 61 heavy (non-hydrogen) atoms. The fourth-order valence-corrected chi connectivity index (χ4v) is 8.76. The van der Waals surface area contributed by atoms with Crippen molar-refractivity contribution < 1.29 is 37.0 Å². The van der Waals surface area contributed by atoms with E-state index in [0.717, 1.165) is 55.4 Å². The molecular weight excluding hydrogens is 826 g/mol. The summed E-state index contributed by atoms with van der Waals surface area (Å²) in [5.41, 5.74) is 4.77. The zero-order valence-corrected chi connectivity index (χ0v) is 36.3. The van der Waals surface area contributed by atoms with Crippen LogP contribution in [0.1, 0.15) is 54.1 Å². The van der Waals surface area contributed by atoms with Gasteiger partial charge in [0.2, 0.25) is 27.8 Å². The Bertz CT molecular complexity index is 2430. The molecule has 3 aromatic carbocycles. The first-order chi connectivity index (χ1) is 29.3. The lowest BCUT2D eigenvalue weighted by Crippen LogP contribution is -2.52. The van der Waals surface area contributed by atoms with E-state index in [0.29, 0.717) is 59.8 Å². The van der Waals surface area contributed by atoms with Crippen molar-refractivity contribution in [2.75, 3.05) is 74.0 Å². The van der Waals surface area contributed by atoms with Crippen LogP contribution in [0.5, 0.6) is 17.2 Å². The Morgan fingerprint density at radius 1 is 0.967 bits per heavy atom. The third-order valence-electron chi connectivity index (χ3n) is 11.2. The van der Waals surface area contributed by atoms with E-state index < -0.39 is 22.0 Å². The van der Waals surface area contributed by atoms with Gasteiger partial charge in [-0.15, -0.1) is 0 Å². The van der Waals surface area contributed by atoms with Gasteiger partial charge in [0.1, 0.15) is 40.6 Å². The fraction of sp³-hybridized carbons (Fsp3) is 0.405. The van der Waals surface area contributed by atoms with Gasteiger partial charge in [0, 0.05) is 55.0 Å². The minimum absolute atomic E-state index is 0.205. The lowest BCUT2D eigenvalue weighted by atomic mass is 10.0. The number of methoxy groups -OCH3 is 2. The maximum Gasteiger partial charge on any atom is 0.255 e. The Hall–Kier alpha value is -5.85. The number of piperidine rings is 2. The second-order valence-electron chi connectivity index (χ2n) is 15.2. The summed E-state index contributed by atoms with van der Waals surface area (Å²) in [5.74, 6) is 1.07. The van der Waals surface area contributed by atoms with E-state index in [2.05, 4.69) is 54.4 Å². The molecule has 4 N–H and O–H groups in total. The monoisotopic (exact) mass is 875 g/mol. The number of nitrogens with zero attached hydrogens (tertiary/aromatic N) is 5. The minimum Gasteiger partial charge on any atom is -0.494 e. The Kier molecular flexibility index (Phi) is 13.1. The number of carbonyl (C=O) groups is 3. The normalized spacial score (nSPS) is 17.0. The van der Waals surface area contributed by atoms with Crippen LogP contribution in [0.2, 0.25) is 5.02 Å². The molecule has 0 saturated carbocycles. The van der Waals surface area contributed by atoms with Gasteiger partial charge in [-0.05, 0) is 68.6 Å². The van der Waals surface area contributed by atoms with Crippen molar-refractivity contribution >= 4 is 73.9 Å². The zero-order chi connectivity index (χ0) is 43.4. The summed E-state index contributed by atoms with van der Waals surface area (Å²) in [6.45, 7) is 5.19. The molecular formula is C42H50ClN9O8S. The van der Waals surface area contributed by atoms with Gasteiger partial charge < -0.3 is 34.6 Å². The maximum absolute atomic E-state index is 13.2. The average Bonchev–Trinajstić information content (AvgIpc) is 3.58. The molecule has 0 radical (unpaired) electrons. The number of aromatic nitrogens is 2. The number of sulfonamides is 1. The highest BCUT2D eigenvalue weighted by Crippen LogP contribution is 2.39. The van der Waals surface area contributed by atoms with Gasteiger partial charge in [-0.3, -0.25) is 29.3 Å². The maximum atomic E-state index is 13.2. The Morgan fingerprint density at radius 2 is 1.70 bits per heavy atom. The fourth-order valence-electron chi connectivity index (χ4n) is 8.04. The number of benzene rings is 3. The van der Waals surface area contributed by atoms with Gasteiger partial charge in [0.25, 0.3) is 5.91 Å². The molecule has 17 nitrogen and oxygen atoms in total. The number of rotatable bonds is 16. The Balaban J connectivity index is 0.965. The number of carbonyl (C=O) groups excluding carboxylic acids is 3. The van der Waals surface area contributed by atoms with Gasteiger partial charge in [0.05, 0.1) is 44.6 Å². The molecule has 19 heteroatoms. The van der Waals surface area contributed by atoms with Crippen LogP contribution >= 0.6 is 11.6 Å². The van der Waals surface area contributed by atoms with Crippen molar-refractivity contribution in [1.82, 2.24) is 25.1 Å². The highest BCUT2D eigenvalue weighted by atomic mass is 35.5. The number of amides is 3. The van der Waals surface area contributed by atoms with Crippen molar-refractivity contribution in [3.63, 3.8) is 0 Å². The number of ether oxygens (including phenoxy) is 3. The molecule has 0 aliphatic carbocycles. The number of aryl methyl sites for hydroxylation is 1. The highest BCUT2D eigenvalue weighted by molar-refractivity contribution is 7.92. The van der Waals surface area contributed by atoms with Gasteiger partial charge in [-0.25, -0.2) is 13.4 Å². The summed E-state index contributed by atoms with van der Waals surface area (Å²) in [7, 11) is 1.54. The molecule has 7 rings (SSSR count). The predicted octanol–water partition coefficient (Wildman–Crippen LogP) is 5.31. The molecule has 1 unspecified atom stereocenters. The van der Waals surface area contributed by atoms with Gasteiger partial charge in [-0.1, -0.05) is 30.7 Å². The van der Waals surface area contributed by atoms with Crippen LogP contribution in [-0.2, 0) is 32.6 Å². The van der Waals surface area contributed by atoms with Gasteiger partial charge in [-0.2, -0.15) is 4.98 Å². The number of hydrogen-bond acceptors (Lipinski definition) is 14. The van der Waals surface area contributed by atoms with Crippen LogP contribution in [0.4, 0.5) is 34.5 Å². The topological polar surface area (TPSA) is 197 Å². The molecule has 324 valence electrons. The third-order valence-corrected chi connectivity index (χ3v) is 12.1. The van der Waals surface area contributed by atoms with E-state index >= 15 is 0 Å². The van der Waals surface area contributed by atoms with Crippen molar-refractivity contribution in [2.45, 2.75) is 57.7 Å². The van der Waals surface area contributed by atoms with Crippen LogP contribution in [0, 0.1) is 0 Å². The largest absolute Gasteiger partial charge is 0.494 e. The number of imide groups is 1. The van der Waals surface area contributed by atoms with E-state index in [1.807, 2.05) is 18.2 Å². The van der Waals surface area contributed by atoms with E-state index in [-0.39, 0.29) is 47.3 Å². The molecule has 0 spiro atoms. The first kappa shape index (κ1) is 43.2. The summed E-state index contributed by atoms with van der Waals surface area (Å²) in [6.07, 6.45) is 5.68. The van der Waals surface area contributed by atoms with Gasteiger partial charge >= 0.3 is 0 Å². The number of para-hydroxylation sites is 1. The molecule has 3 amide bonds. The van der Waals surface area contributed by atoms with E-state index in [9.17, 15) is 22.8 Å². The summed E-state index contributed by atoms with van der Waals surface area (Å²) in [4.78, 5) is 52.7. The standard InChI is InChI=1S/C42H50ClN9O8S/c1-6-25-21-31(46-42-44-23-29(43)39(48-42)45-30-10-8-12-35(58-3)38(30)49-61(5,56)57)36(59-4)22-33(25)51-17-15-26(16-18-51)50(2)19-20-60-34-11-7-9-27-28(34)24-52(41(27)55)32-13-14-37(53)47-40(32)54/h7-12,21-23,26,32,49H,6,13-20,24H2,1-5H3,(H,47,53,54)(H2,44,45,46,48). The molecule has 3 aliphatic rings.